The van der Waals surface area contributed by atoms with Crippen molar-refractivity contribution < 1.29 is 14.4 Å². The number of anilines is 1. The maximum Gasteiger partial charge on any atom is 0.249 e. The van der Waals surface area contributed by atoms with Crippen molar-refractivity contribution in [3.8, 4) is 11.1 Å². The molecule has 0 saturated heterocycles. The second-order valence-corrected chi connectivity index (χ2v) is 7.71. The van der Waals surface area contributed by atoms with Crippen molar-refractivity contribution in [1.29, 1.82) is 0 Å². The molecule has 3 N–H and O–H groups in total. The summed E-state index contributed by atoms with van der Waals surface area (Å²) in [4.78, 5) is 13.2. The second-order valence-electron chi connectivity index (χ2n) is 7.71. The number of amides is 1. The van der Waals surface area contributed by atoms with Gasteiger partial charge in [0.1, 0.15) is 11.3 Å². The molecule has 1 aromatic heterocycles. The highest BCUT2D eigenvalue weighted by atomic mass is 16.5. The summed E-state index contributed by atoms with van der Waals surface area (Å²) < 4.78 is 5.34. The zero-order valence-corrected chi connectivity index (χ0v) is 16.0. The van der Waals surface area contributed by atoms with Gasteiger partial charge in [-0.3, -0.25) is 10.1 Å². The molecule has 2 aliphatic rings. The van der Waals surface area contributed by atoms with E-state index in [2.05, 4.69) is 21.9 Å². The molecule has 1 fully saturated rings. The maximum atomic E-state index is 13.2. The first kappa shape index (κ1) is 18.2. The quantitative estimate of drug-likeness (QED) is 0.753. The van der Waals surface area contributed by atoms with Crippen molar-refractivity contribution in [3.05, 3.63) is 35.2 Å². The van der Waals surface area contributed by atoms with Gasteiger partial charge in [-0.25, -0.2) is 0 Å². The van der Waals surface area contributed by atoms with E-state index in [0.29, 0.717) is 6.54 Å². The highest BCUT2D eigenvalue weighted by Gasteiger charge is 2.52. The van der Waals surface area contributed by atoms with Crippen LogP contribution in [0.2, 0.25) is 0 Å². The lowest BCUT2D eigenvalue weighted by molar-refractivity contribution is -0.125. The first-order chi connectivity index (χ1) is 13.1. The summed E-state index contributed by atoms with van der Waals surface area (Å²) in [5.41, 5.74) is 3.88. The summed E-state index contributed by atoms with van der Waals surface area (Å²) in [5, 5.41) is 20.0. The van der Waals surface area contributed by atoms with Crippen LogP contribution in [0, 0.1) is 19.8 Å². The highest BCUT2D eigenvalue weighted by Crippen LogP contribution is 2.47. The van der Waals surface area contributed by atoms with Crippen LogP contribution in [-0.4, -0.2) is 29.3 Å². The molecule has 4 rings (SSSR count). The van der Waals surface area contributed by atoms with Gasteiger partial charge < -0.3 is 14.9 Å². The normalized spacial score (nSPS) is 22.7. The molecule has 2 aromatic rings. The van der Waals surface area contributed by atoms with Gasteiger partial charge in [0, 0.05) is 23.4 Å². The third kappa shape index (κ3) is 2.87. The number of hydrogen-bond donors (Lipinski definition) is 3. The fraction of sp³-hybridized carbons (Fsp3) is 0.524. The molecule has 0 radical (unpaired) electrons. The van der Waals surface area contributed by atoms with Gasteiger partial charge in [-0.05, 0) is 50.3 Å². The van der Waals surface area contributed by atoms with Gasteiger partial charge in [-0.15, -0.1) is 0 Å². The zero-order chi connectivity index (χ0) is 19.0. The minimum absolute atomic E-state index is 0.000636. The van der Waals surface area contributed by atoms with Crippen LogP contribution >= 0.6 is 0 Å². The first-order valence-corrected chi connectivity index (χ1v) is 9.83. The molecule has 1 atom stereocenters. The van der Waals surface area contributed by atoms with E-state index < -0.39 is 5.54 Å². The van der Waals surface area contributed by atoms with Crippen LogP contribution in [0.3, 0.4) is 0 Å². The first-order valence-electron chi connectivity index (χ1n) is 9.83. The molecule has 1 aliphatic heterocycles. The van der Waals surface area contributed by atoms with Gasteiger partial charge in [0.25, 0.3) is 0 Å². The summed E-state index contributed by atoms with van der Waals surface area (Å²) in [6, 6.07) is 6.08. The van der Waals surface area contributed by atoms with Crippen molar-refractivity contribution in [2.45, 2.75) is 51.5 Å². The van der Waals surface area contributed by atoms with Crippen LogP contribution in [0.5, 0.6) is 0 Å². The molecule has 6 heteroatoms. The van der Waals surface area contributed by atoms with Crippen molar-refractivity contribution >= 4 is 11.6 Å². The number of rotatable bonds is 5. The number of aryl methyl sites for hydroxylation is 2. The fourth-order valence-electron chi connectivity index (χ4n) is 4.89. The number of carbonyl (C=O) groups excluding carboxylic acids is 1. The monoisotopic (exact) mass is 369 g/mol. The largest absolute Gasteiger partial charge is 0.395 e. The Kier molecular flexibility index (Phi) is 4.78. The summed E-state index contributed by atoms with van der Waals surface area (Å²) >= 11 is 0. The molecular formula is C21H27N3O3. The van der Waals surface area contributed by atoms with Crippen molar-refractivity contribution in [2.75, 3.05) is 18.5 Å². The lowest BCUT2D eigenvalue weighted by Gasteiger charge is -2.39. The number of hydrogen-bond acceptors (Lipinski definition) is 5. The fourth-order valence-corrected chi connectivity index (χ4v) is 4.89. The Balaban J connectivity index is 1.84. The Morgan fingerprint density at radius 1 is 1.30 bits per heavy atom. The van der Waals surface area contributed by atoms with Gasteiger partial charge in [-0.2, -0.15) is 0 Å². The molecule has 0 bridgehead atoms. The Hall–Kier alpha value is -2.18. The smallest absolute Gasteiger partial charge is 0.249 e. The van der Waals surface area contributed by atoms with E-state index in [0.717, 1.165) is 59.5 Å². The Labute approximate surface area is 159 Å². The van der Waals surface area contributed by atoms with Crippen molar-refractivity contribution in [1.82, 2.24) is 10.5 Å². The SMILES string of the molecule is Cc1noc(C)c1-c1ccc2c(c1)C(NCCO)(C1CCCCC1)C(=O)N2. The predicted octanol–water partition coefficient (Wildman–Crippen LogP) is 3.27. The number of aliphatic hydroxyl groups is 1. The predicted molar refractivity (Wildman–Crippen MR) is 103 cm³/mol. The Bertz CT molecular complexity index is 835. The van der Waals surface area contributed by atoms with E-state index in [1.807, 2.05) is 26.0 Å². The number of benzene rings is 1. The minimum Gasteiger partial charge on any atom is -0.395 e. The summed E-state index contributed by atoms with van der Waals surface area (Å²) in [5.74, 6) is 0.990. The van der Waals surface area contributed by atoms with Crippen LogP contribution in [-0.2, 0) is 10.3 Å². The topological polar surface area (TPSA) is 87.4 Å². The summed E-state index contributed by atoms with van der Waals surface area (Å²) in [6.07, 6.45) is 5.53. The summed E-state index contributed by atoms with van der Waals surface area (Å²) in [7, 11) is 0. The van der Waals surface area contributed by atoms with Crippen LogP contribution in [0.25, 0.3) is 11.1 Å². The number of aliphatic hydroxyl groups excluding tert-OH is 1. The van der Waals surface area contributed by atoms with E-state index in [9.17, 15) is 9.90 Å². The van der Waals surface area contributed by atoms with E-state index in [1.54, 1.807) is 0 Å². The zero-order valence-electron chi connectivity index (χ0n) is 16.0. The van der Waals surface area contributed by atoms with Gasteiger partial charge in [0.05, 0.1) is 12.3 Å². The van der Waals surface area contributed by atoms with Gasteiger partial charge in [-0.1, -0.05) is 30.5 Å². The lowest BCUT2D eigenvalue weighted by Crippen LogP contribution is -2.54. The molecule has 1 aliphatic carbocycles. The second kappa shape index (κ2) is 7.09. The van der Waals surface area contributed by atoms with E-state index in [-0.39, 0.29) is 18.4 Å². The summed E-state index contributed by atoms with van der Waals surface area (Å²) in [6.45, 7) is 4.23. The molecule has 1 saturated carbocycles. The Morgan fingerprint density at radius 2 is 2.07 bits per heavy atom. The third-order valence-electron chi connectivity index (χ3n) is 6.11. The number of carbonyl (C=O) groups is 1. The molecule has 1 unspecified atom stereocenters. The number of nitrogens with zero attached hydrogens (tertiary/aromatic N) is 1. The van der Waals surface area contributed by atoms with Crippen molar-refractivity contribution in [3.63, 3.8) is 0 Å². The Morgan fingerprint density at radius 3 is 2.74 bits per heavy atom. The third-order valence-corrected chi connectivity index (χ3v) is 6.11. The van der Waals surface area contributed by atoms with Crippen LogP contribution in [0.4, 0.5) is 5.69 Å². The molecule has 6 nitrogen and oxygen atoms in total. The number of aromatic nitrogens is 1. The molecule has 0 spiro atoms. The molecular weight excluding hydrogens is 342 g/mol. The van der Waals surface area contributed by atoms with E-state index in [4.69, 9.17) is 4.52 Å². The minimum atomic E-state index is -0.784. The number of nitrogens with one attached hydrogen (secondary N) is 2. The van der Waals surface area contributed by atoms with Crippen LogP contribution < -0.4 is 10.6 Å². The highest BCUT2D eigenvalue weighted by molar-refractivity contribution is 6.06. The van der Waals surface area contributed by atoms with E-state index >= 15 is 0 Å². The molecule has 27 heavy (non-hydrogen) atoms. The molecule has 144 valence electrons. The van der Waals surface area contributed by atoms with Crippen molar-refractivity contribution in [2.24, 2.45) is 5.92 Å². The average molecular weight is 369 g/mol. The molecule has 1 aromatic carbocycles. The van der Waals surface area contributed by atoms with E-state index in [1.165, 1.54) is 6.42 Å². The lowest BCUT2D eigenvalue weighted by atomic mass is 9.71. The molecule has 1 amide bonds. The standard InChI is InChI=1S/C21H27N3O3/c1-13-19(14(2)27-24-13)15-8-9-18-17(12-15)21(20(26)23-18,22-10-11-25)16-6-4-3-5-7-16/h8-9,12,16,22,25H,3-7,10-11H2,1-2H3,(H,23,26). The van der Waals surface area contributed by atoms with Gasteiger partial charge >= 0.3 is 0 Å². The van der Waals surface area contributed by atoms with Gasteiger partial charge in [0.15, 0.2) is 0 Å². The van der Waals surface area contributed by atoms with Gasteiger partial charge in [0.2, 0.25) is 5.91 Å². The molecule has 2 heterocycles. The number of fused-ring (bicyclic) bond motifs is 1. The van der Waals surface area contributed by atoms with Crippen LogP contribution in [0.15, 0.2) is 22.7 Å². The average Bonchev–Trinajstić information content (AvgIpc) is 3.16. The maximum absolute atomic E-state index is 13.2. The van der Waals surface area contributed by atoms with Crippen LogP contribution in [0.1, 0.15) is 49.1 Å².